The molecule has 1 N–H and O–H groups in total. The molecule has 0 fully saturated rings. The van der Waals surface area contributed by atoms with Crippen molar-refractivity contribution < 1.29 is 23.8 Å². The molecule has 2 rings (SSSR count). The van der Waals surface area contributed by atoms with Gasteiger partial charge in [-0.3, -0.25) is 4.79 Å². The predicted octanol–water partition coefficient (Wildman–Crippen LogP) is 2.87. The summed E-state index contributed by atoms with van der Waals surface area (Å²) in [7, 11) is 2.75. The molecule has 0 aliphatic rings. The Balaban J connectivity index is 1.96. The summed E-state index contributed by atoms with van der Waals surface area (Å²) in [5.41, 5.74) is 1.48. The number of carbonyl (C=O) groups is 2. The van der Waals surface area contributed by atoms with Crippen LogP contribution in [-0.4, -0.2) is 39.2 Å². The minimum atomic E-state index is -0.523. The number of benzene rings is 2. The first kappa shape index (κ1) is 19.6. The fourth-order valence-electron chi connectivity index (χ4n) is 2.20. The van der Waals surface area contributed by atoms with Gasteiger partial charge < -0.3 is 19.5 Å². The summed E-state index contributed by atoms with van der Waals surface area (Å²) in [4.78, 5) is 23.5. The molecule has 0 spiro atoms. The Hall–Kier alpha value is -2.73. The Morgan fingerprint density at radius 2 is 1.77 bits per heavy atom. The first-order chi connectivity index (χ1) is 12.5. The highest BCUT2D eigenvalue weighted by molar-refractivity contribution is 6.30. The van der Waals surface area contributed by atoms with Crippen LogP contribution in [0, 0.1) is 0 Å². The molecule has 2 aromatic rings. The van der Waals surface area contributed by atoms with Crippen molar-refractivity contribution in [2.24, 2.45) is 0 Å². The fourth-order valence-corrected chi connectivity index (χ4v) is 2.33. The van der Waals surface area contributed by atoms with Gasteiger partial charge in [-0.15, -0.1) is 0 Å². The van der Waals surface area contributed by atoms with E-state index in [0.29, 0.717) is 35.1 Å². The molecule has 26 heavy (non-hydrogen) atoms. The second kappa shape index (κ2) is 9.68. The Kier molecular flexibility index (Phi) is 7.29. The summed E-state index contributed by atoms with van der Waals surface area (Å²) in [6, 6.07) is 12.2. The number of halogens is 1. The van der Waals surface area contributed by atoms with E-state index in [4.69, 9.17) is 21.1 Å². The summed E-state index contributed by atoms with van der Waals surface area (Å²) in [6.07, 6.45) is 0.685. The van der Waals surface area contributed by atoms with Crippen molar-refractivity contribution in [1.29, 1.82) is 0 Å². The van der Waals surface area contributed by atoms with Gasteiger partial charge in [0.1, 0.15) is 0 Å². The SMILES string of the molecule is COC(=O)COc1cc(C(=O)NCCc2ccc(Cl)cc2)ccc1OC. The smallest absolute Gasteiger partial charge is 0.343 e. The molecule has 138 valence electrons. The van der Waals surface area contributed by atoms with Crippen LogP contribution in [0.1, 0.15) is 15.9 Å². The molecule has 1 amide bonds. The number of methoxy groups -OCH3 is 2. The quantitative estimate of drug-likeness (QED) is 0.716. The van der Waals surface area contributed by atoms with Gasteiger partial charge in [0, 0.05) is 17.1 Å². The van der Waals surface area contributed by atoms with E-state index in [9.17, 15) is 9.59 Å². The van der Waals surface area contributed by atoms with E-state index < -0.39 is 5.97 Å². The lowest BCUT2D eigenvalue weighted by Gasteiger charge is -2.12. The molecule has 2 aromatic carbocycles. The third-order valence-electron chi connectivity index (χ3n) is 3.61. The van der Waals surface area contributed by atoms with Crippen molar-refractivity contribution >= 4 is 23.5 Å². The molecule has 0 aliphatic heterocycles. The Bertz CT molecular complexity index is 761. The molecular weight excluding hydrogens is 358 g/mol. The zero-order valence-electron chi connectivity index (χ0n) is 14.6. The Morgan fingerprint density at radius 3 is 2.42 bits per heavy atom. The third kappa shape index (κ3) is 5.67. The van der Waals surface area contributed by atoms with Crippen molar-refractivity contribution in [2.75, 3.05) is 27.4 Å². The lowest BCUT2D eigenvalue weighted by atomic mass is 10.1. The molecule has 0 saturated heterocycles. The molecule has 0 radical (unpaired) electrons. The molecule has 7 heteroatoms. The minimum absolute atomic E-state index is 0.246. The zero-order valence-corrected chi connectivity index (χ0v) is 15.3. The lowest BCUT2D eigenvalue weighted by Crippen LogP contribution is -2.25. The van der Waals surface area contributed by atoms with E-state index in [1.807, 2.05) is 24.3 Å². The average molecular weight is 378 g/mol. The predicted molar refractivity (Wildman–Crippen MR) is 98.0 cm³/mol. The second-order valence-electron chi connectivity index (χ2n) is 5.36. The number of hydrogen-bond acceptors (Lipinski definition) is 5. The third-order valence-corrected chi connectivity index (χ3v) is 3.86. The molecule has 0 saturated carbocycles. The van der Waals surface area contributed by atoms with Crippen molar-refractivity contribution in [3.05, 3.63) is 58.6 Å². The maximum atomic E-state index is 12.3. The molecule has 0 aromatic heterocycles. The number of carbonyl (C=O) groups excluding carboxylic acids is 2. The molecule has 6 nitrogen and oxygen atoms in total. The first-order valence-corrected chi connectivity index (χ1v) is 8.31. The van der Waals surface area contributed by atoms with Gasteiger partial charge in [0.15, 0.2) is 18.1 Å². The van der Waals surface area contributed by atoms with Crippen LogP contribution in [0.5, 0.6) is 11.5 Å². The maximum absolute atomic E-state index is 12.3. The maximum Gasteiger partial charge on any atom is 0.343 e. The summed E-state index contributed by atoms with van der Waals surface area (Å²) in [5, 5.41) is 3.52. The summed E-state index contributed by atoms with van der Waals surface area (Å²) >= 11 is 5.85. The van der Waals surface area contributed by atoms with Gasteiger partial charge in [-0.25, -0.2) is 4.79 Å². The van der Waals surface area contributed by atoms with Crippen LogP contribution in [0.25, 0.3) is 0 Å². The fraction of sp³-hybridized carbons (Fsp3) is 0.263. The van der Waals surface area contributed by atoms with Crippen LogP contribution in [0.15, 0.2) is 42.5 Å². The largest absolute Gasteiger partial charge is 0.493 e. The van der Waals surface area contributed by atoms with Gasteiger partial charge in [-0.2, -0.15) is 0 Å². The van der Waals surface area contributed by atoms with Gasteiger partial charge in [0.2, 0.25) is 0 Å². The molecular formula is C19H20ClNO5. The topological polar surface area (TPSA) is 73.9 Å². The molecule has 0 heterocycles. The number of hydrogen-bond donors (Lipinski definition) is 1. The minimum Gasteiger partial charge on any atom is -0.493 e. The lowest BCUT2D eigenvalue weighted by molar-refractivity contribution is -0.142. The van der Waals surface area contributed by atoms with Crippen molar-refractivity contribution in [3.8, 4) is 11.5 Å². The van der Waals surface area contributed by atoms with E-state index in [1.165, 1.54) is 20.3 Å². The second-order valence-corrected chi connectivity index (χ2v) is 5.80. The standard InChI is InChI=1S/C19H20ClNO5/c1-24-16-8-5-14(11-17(16)26-12-18(22)25-2)19(23)21-10-9-13-3-6-15(20)7-4-13/h3-8,11H,9-10,12H2,1-2H3,(H,21,23). The van der Waals surface area contributed by atoms with E-state index >= 15 is 0 Å². The van der Waals surface area contributed by atoms with Gasteiger partial charge >= 0.3 is 5.97 Å². The average Bonchev–Trinajstić information content (AvgIpc) is 2.67. The molecule has 0 atom stereocenters. The van der Waals surface area contributed by atoms with Crippen LogP contribution >= 0.6 is 11.6 Å². The summed E-state index contributed by atoms with van der Waals surface area (Å²) in [5.74, 6) is -0.0516. The highest BCUT2D eigenvalue weighted by Gasteiger charge is 2.12. The van der Waals surface area contributed by atoms with Crippen molar-refractivity contribution in [2.45, 2.75) is 6.42 Å². The van der Waals surface area contributed by atoms with Gasteiger partial charge in [-0.1, -0.05) is 23.7 Å². The monoisotopic (exact) mass is 377 g/mol. The first-order valence-electron chi connectivity index (χ1n) is 7.93. The van der Waals surface area contributed by atoms with Crippen LogP contribution in [0.3, 0.4) is 0 Å². The van der Waals surface area contributed by atoms with Gasteiger partial charge in [0.05, 0.1) is 14.2 Å². The highest BCUT2D eigenvalue weighted by Crippen LogP contribution is 2.28. The van der Waals surface area contributed by atoms with Crippen molar-refractivity contribution in [3.63, 3.8) is 0 Å². The number of nitrogens with one attached hydrogen (secondary N) is 1. The highest BCUT2D eigenvalue weighted by atomic mass is 35.5. The zero-order chi connectivity index (χ0) is 18.9. The van der Waals surface area contributed by atoms with E-state index in [-0.39, 0.29) is 12.5 Å². The van der Waals surface area contributed by atoms with Gasteiger partial charge in [0.25, 0.3) is 5.91 Å². The number of amides is 1. The molecule has 0 aliphatic carbocycles. The van der Waals surface area contributed by atoms with E-state index in [2.05, 4.69) is 10.1 Å². The van der Waals surface area contributed by atoms with E-state index in [1.54, 1.807) is 12.1 Å². The number of ether oxygens (including phenoxy) is 3. The normalized spacial score (nSPS) is 10.1. The summed E-state index contributed by atoms with van der Waals surface area (Å²) in [6.45, 7) is 0.208. The van der Waals surface area contributed by atoms with Crippen LogP contribution < -0.4 is 14.8 Å². The molecule has 0 unspecified atom stereocenters. The van der Waals surface area contributed by atoms with Crippen LogP contribution in [-0.2, 0) is 16.0 Å². The number of esters is 1. The Morgan fingerprint density at radius 1 is 1.04 bits per heavy atom. The summed E-state index contributed by atoms with van der Waals surface area (Å²) < 4.78 is 15.1. The number of rotatable bonds is 8. The van der Waals surface area contributed by atoms with E-state index in [0.717, 1.165) is 5.56 Å². The Labute approximate surface area is 157 Å². The van der Waals surface area contributed by atoms with Crippen LogP contribution in [0.4, 0.5) is 0 Å². The van der Waals surface area contributed by atoms with Crippen molar-refractivity contribution in [1.82, 2.24) is 5.32 Å². The van der Waals surface area contributed by atoms with Gasteiger partial charge in [-0.05, 0) is 42.3 Å². The molecule has 0 bridgehead atoms. The van der Waals surface area contributed by atoms with Crippen LogP contribution in [0.2, 0.25) is 5.02 Å².